The molecule has 0 aliphatic carbocycles. The second-order valence-corrected chi connectivity index (χ2v) is 8.03. The Morgan fingerprint density at radius 2 is 1.63 bits per heavy atom. The van der Waals surface area contributed by atoms with Gasteiger partial charge in [0.1, 0.15) is 6.54 Å². The number of anilines is 1. The van der Waals surface area contributed by atoms with Crippen molar-refractivity contribution in [3.8, 4) is 11.5 Å². The highest BCUT2D eigenvalue weighted by Crippen LogP contribution is 2.32. The molecule has 27 heavy (non-hydrogen) atoms. The third-order valence-corrected chi connectivity index (χ3v) is 5.84. The Hall–Kier alpha value is -2.74. The van der Waals surface area contributed by atoms with Crippen molar-refractivity contribution in [2.24, 2.45) is 0 Å². The highest BCUT2D eigenvalue weighted by Gasteiger charge is 2.28. The van der Waals surface area contributed by atoms with Gasteiger partial charge in [0.05, 0.1) is 24.8 Å². The van der Waals surface area contributed by atoms with E-state index in [0.29, 0.717) is 5.75 Å². The molecule has 0 amide bonds. The van der Waals surface area contributed by atoms with Gasteiger partial charge in [-0.2, -0.15) is 0 Å². The fourth-order valence-electron chi connectivity index (χ4n) is 2.57. The normalized spacial score (nSPS) is 11.3. The summed E-state index contributed by atoms with van der Waals surface area (Å²) in [6.07, 6.45) is 0. The van der Waals surface area contributed by atoms with E-state index in [2.05, 4.69) is 0 Å². The SMILES string of the molecule is COc1ccc(S(=O)(=O)N(CC(=O)O)c2ccc(C(C)C)cc2)cc1OC. The molecule has 0 saturated carbocycles. The molecule has 0 aliphatic heterocycles. The van der Waals surface area contributed by atoms with Gasteiger partial charge in [-0.1, -0.05) is 26.0 Å². The molecule has 2 rings (SSSR count). The van der Waals surface area contributed by atoms with Gasteiger partial charge in [0.2, 0.25) is 0 Å². The van der Waals surface area contributed by atoms with Crippen LogP contribution in [0.3, 0.4) is 0 Å². The lowest BCUT2D eigenvalue weighted by atomic mass is 10.0. The number of carboxylic acids is 1. The van der Waals surface area contributed by atoms with E-state index < -0.39 is 22.5 Å². The van der Waals surface area contributed by atoms with Gasteiger partial charge in [0, 0.05) is 6.07 Å². The molecule has 0 fully saturated rings. The number of aliphatic carboxylic acids is 1. The molecule has 0 bridgehead atoms. The lowest BCUT2D eigenvalue weighted by Crippen LogP contribution is -2.35. The number of benzene rings is 2. The van der Waals surface area contributed by atoms with Crippen LogP contribution in [-0.2, 0) is 14.8 Å². The fourth-order valence-corrected chi connectivity index (χ4v) is 4.00. The van der Waals surface area contributed by atoms with Crippen LogP contribution < -0.4 is 13.8 Å². The van der Waals surface area contributed by atoms with Crippen molar-refractivity contribution < 1.29 is 27.8 Å². The monoisotopic (exact) mass is 393 g/mol. The van der Waals surface area contributed by atoms with E-state index in [1.54, 1.807) is 24.3 Å². The smallest absolute Gasteiger partial charge is 0.324 e. The summed E-state index contributed by atoms with van der Waals surface area (Å²) in [5.74, 6) is -0.368. The zero-order chi connectivity index (χ0) is 20.2. The Balaban J connectivity index is 2.53. The summed E-state index contributed by atoms with van der Waals surface area (Å²) >= 11 is 0. The molecule has 0 radical (unpaired) electrons. The molecule has 8 heteroatoms. The minimum Gasteiger partial charge on any atom is -0.493 e. The summed E-state index contributed by atoms with van der Waals surface area (Å²) in [5, 5.41) is 9.23. The second-order valence-electron chi connectivity index (χ2n) is 6.17. The largest absolute Gasteiger partial charge is 0.493 e. The van der Waals surface area contributed by atoms with Gasteiger partial charge in [0.25, 0.3) is 10.0 Å². The van der Waals surface area contributed by atoms with Crippen LogP contribution in [0.15, 0.2) is 47.4 Å². The molecular weight excluding hydrogens is 370 g/mol. The Morgan fingerprint density at radius 3 is 2.11 bits per heavy atom. The van der Waals surface area contributed by atoms with Crippen molar-refractivity contribution in [1.82, 2.24) is 0 Å². The van der Waals surface area contributed by atoms with E-state index in [-0.39, 0.29) is 22.3 Å². The van der Waals surface area contributed by atoms with E-state index in [0.717, 1.165) is 9.87 Å². The average Bonchev–Trinajstić information content (AvgIpc) is 2.65. The van der Waals surface area contributed by atoms with Gasteiger partial charge in [0.15, 0.2) is 11.5 Å². The summed E-state index contributed by atoms with van der Waals surface area (Å²) in [7, 11) is -1.28. The summed E-state index contributed by atoms with van der Waals surface area (Å²) in [6.45, 7) is 3.34. The predicted octanol–water partition coefficient (Wildman–Crippen LogP) is 3.11. The number of sulfonamides is 1. The van der Waals surface area contributed by atoms with Crippen LogP contribution in [0.2, 0.25) is 0 Å². The third-order valence-electron chi connectivity index (χ3n) is 4.07. The van der Waals surface area contributed by atoms with Crippen molar-refractivity contribution in [2.45, 2.75) is 24.7 Å². The van der Waals surface area contributed by atoms with Crippen molar-refractivity contribution in [3.05, 3.63) is 48.0 Å². The van der Waals surface area contributed by atoms with E-state index >= 15 is 0 Å². The van der Waals surface area contributed by atoms with Crippen LogP contribution in [-0.4, -0.2) is 40.3 Å². The van der Waals surface area contributed by atoms with Crippen LogP contribution in [0.1, 0.15) is 25.3 Å². The molecule has 2 aromatic rings. The maximum Gasteiger partial charge on any atom is 0.324 e. The number of carboxylic acid groups (broad SMARTS) is 1. The van der Waals surface area contributed by atoms with Crippen LogP contribution in [0.5, 0.6) is 11.5 Å². The number of hydrogen-bond donors (Lipinski definition) is 1. The van der Waals surface area contributed by atoms with Crippen molar-refractivity contribution in [2.75, 3.05) is 25.1 Å². The van der Waals surface area contributed by atoms with Gasteiger partial charge in [-0.15, -0.1) is 0 Å². The summed E-state index contributed by atoms with van der Waals surface area (Å²) in [4.78, 5) is 11.2. The molecule has 7 nitrogen and oxygen atoms in total. The van der Waals surface area contributed by atoms with Gasteiger partial charge in [-0.05, 0) is 35.7 Å². The predicted molar refractivity (Wildman–Crippen MR) is 102 cm³/mol. The molecular formula is C19H23NO6S. The standard InChI is InChI=1S/C19H23NO6S/c1-13(2)14-5-7-15(8-6-14)20(12-19(21)22)27(23,24)16-9-10-17(25-3)18(11-16)26-4/h5-11,13H,12H2,1-4H3,(H,21,22). The number of hydrogen-bond acceptors (Lipinski definition) is 5. The Bertz CT molecular complexity index is 906. The quantitative estimate of drug-likeness (QED) is 0.741. The first-order valence-electron chi connectivity index (χ1n) is 8.27. The molecule has 146 valence electrons. The average molecular weight is 393 g/mol. The van der Waals surface area contributed by atoms with Gasteiger partial charge >= 0.3 is 5.97 Å². The van der Waals surface area contributed by atoms with Gasteiger partial charge in [-0.25, -0.2) is 8.42 Å². The maximum absolute atomic E-state index is 13.1. The summed E-state index contributed by atoms with van der Waals surface area (Å²) in [6, 6.07) is 10.9. The van der Waals surface area contributed by atoms with Crippen LogP contribution >= 0.6 is 0 Å². The Labute approximate surface area is 159 Å². The molecule has 0 atom stereocenters. The van der Waals surface area contributed by atoms with Gasteiger partial charge in [-0.3, -0.25) is 9.10 Å². The molecule has 0 aromatic heterocycles. The molecule has 0 heterocycles. The highest BCUT2D eigenvalue weighted by atomic mass is 32.2. The highest BCUT2D eigenvalue weighted by molar-refractivity contribution is 7.92. The Morgan fingerprint density at radius 1 is 1.04 bits per heavy atom. The first-order valence-corrected chi connectivity index (χ1v) is 9.71. The van der Waals surface area contributed by atoms with Crippen molar-refractivity contribution in [1.29, 1.82) is 0 Å². The topological polar surface area (TPSA) is 93.1 Å². The van der Waals surface area contributed by atoms with E-state index in [1.807, 2.05) is 13.8 Å². The minimum absolute atomic E-state index is 0.0886. The Kier molecular flexibility index (Phi) is 6.32. The third kappa shape index (κ3) is 4.51. The molecule has 0 unspecified atom stereocenters. The maximum atomic E-state index is 13.1. The van der Waals surface area contributed by atoms with E-state index in [4.69, 9.17) is 9.47 Å². The van der Waals surface area contributed by atoms with Crippen LogP contribution in [0.4, 0.5) is 5.69 Å². The first kappa shape index (κ1) is 20.6. The second kappa shape index (κ2) is 8.30. The van der Waals surface area contributed by atoms with Gasteiger partial charge < -0.3 is 14.6 Å². The molecule has 0 saturated heterocycles. The van der Waals surface area contributed by atoms with E-state index in [9.17, 15) is 18.3 Å². The molecule has 1 N–H and O–H groups in total. The first-order chi connectivity index (χ1) is 12.7. The molecule has 0 spiro atoms. The minimum atomic E-state index is -4.12. The van der Waals surface area contributed by atoms with E-state index in [1.165, 1.54) is 32.4 Å². The van der Waals surface area contributed by atoms with Crippen molar-refractivity contribution in [3.63, 3.8) is 0 Å². The lowest BCUT2D eigenvalue weighted by Gasteiger charge is -2.23. The molecule has 2 aromatic carbocycles. The van der Waals surface area contributed by atoms with Crippen LogP contribution in [0, 0.1) is 0 Å². The van der Waals surface area contributed by atoms with Crippen LogP contribution in [0.25, 0.3) is 0 Å². The number of rotatable bonds is 8. The van der Waals surface area contributed by atoms with Crippen molar-refractivity contribution >= 4 is 21.7 Å². The summed E-state index contributed by atoms with van der Waals surface area (Å²) < 4.78 is 37.4. The zero-order valence-electron chi connectivity index (χ0n) is 15.7. The fraction of sp³-hybridized carbons (Fsp3) is 0.316. The number of carbonyl (C=O) groups is 1. The number of nitrogens with zero attached hydrogens (tertiary/aromatic N) is 1. The number of ether oxygens (including phenoxy) is 2. The zero-order valence-corrected chi connectivity index (χ0v) is 16.5. The lowest BCUT2D eigenvalue weighted by molar-refractivity contribution is -0.135. The molecule has 0 aliphatic rings. The number of methoxy groups -OCH3 is 2. The summed E-state index contributed by atoms with van der Waals surface area (Å²) in [5.41, 5.74) is 1.30.